The maximum atomic E-state index is 10.7. The molecule has 0 aliphatic rings. The van der Waals surface area contributed by atoms with E-state index in [4.69, 9.17) is 20.3 Å². The van der Waals surface area contributed by atoms with Crippen LogP contribution in [0.2, 0.25) is 0 Å². The van der Waals surface area contributed by atoms with Crippen LogP contribution in [0.3, 0.4) is 0 Å². The predicted molar refractivity (Wildman–Crippen MR) is 66.9 cm³/mol. The summed E-state index contributed by atoms with van der Waals surface area (Å²) in [5.41, 5.74) is 7.85. The summed E-state index contributed by atoms with van der Waals surface area (Å²) in [7, 11) is -4.15. The maximum absolute atomic E-state index is 10.7. The zero-order valence-corrected chi connectivity index (χ0v) is 11.4. The molecule has 0 radical (unpaired) electrons. The van der Waals surface area contributed by atoms with Gasteiger partial charge in [-0.3, -0.25) is 4.57 Å². The fraction of sp³-hybridized carbons (Fsp3) is 0.600. The molecule has 0 aliphatic carbocycles. The first kappa shape index (κ1) is 15.0. The van der Waals surface area contributed by atoms with Crippen molar-refractivity contribution in [2.45, 2.75) is 33.3 Å². The van der Waals surface area contributed by atoms with E-state index in [1.165, 1.54) is 0 Å². The molecule has 0 fully saturated rings. The number of hydrogen-bond acceptors (Lipinski definition) is 5. The Labute approximate surface area is 106 Å². The predicted octanol–water partition coefficient (Wildman–Crippen LogP) is 0.972. The molecule has 1 aromatic heterocycles. The van der Waals surface area contributed by atoms with Gasteiger partial charge in [-0.1, -0.05) is 13.3 Å². The van der Waals surface area contributed by atoms with Gasteiger partial charge in [-0.25, -0.2) is 9.97 Å². The third kappa shape index (κ3) is 4.70. The average molecular weight is 275 g/mol. The Balaban J connectivity index is 2.83. The van der Waals surface area contributed by atoms with Gasteiger partial charge in [-0.15, -0.1) is 0 Å². The zero-order valence-electron chi connectivity index (χ0n) is 10.5. The van der Waals surface area contributed by atoms with Gasteiger partial charge in [0.2, 0.25) is 5.95 Å². The van der Waals surface area contributed by atoms with Crippen LogP contribution in [-0.2, 0) is 22.3 Å². The van der Waals surface area contributed by atoms with Crippen molar-refractivity contribution in [3.8, 4) is 0 Å². The maximum Gasteiger partial charge on any atom is 0.350 e. The Kier molecular flexibility index (Phi) is 5.22. The van der Waals surface area contributed by atoms with E-state index in [-0.39, 0.29) is 12.6 Å². The third-order valence-electron chi connectivity index (χ3n) is 2.32. The molecular formula is C10H18N3O4P. The van der Waals surface area contributed by atoms with Gasteiger partial charge in [0.25, 0.3) is 0 Å². The number of aromatic nitrogens is 2. The smallest absolute Gasteiger partial charge is 0.350 e. The molecule has 0 saturated heterocycles. The first-order valence-electron chi connectivity index (χ1n) is 5.57. The van der Waals surface area contributed by atoms with E-state index in [0.29, 0.717) is 5.69 Å². The Bertz CT molecular complexity index is 461. The van der Waals surface area contributed by atoms with Crippen LogP contribution < -0.4 is 5.73 Å². The minimum atomic E-state index is -4.15. The summed E-state index contributed by atoms with van der Waals surface area (Å²) in [6.45, 7) is 3.87. The van der Waals surface area contributed by atoms with E-state index in [0.717, 1.165) is 24.1 Å². The normalized spacial score (nSPS) is 11.8. The summed E-state index contributed by atoms with van der Waals surface area (Å²) < 4.78 is 15.7. The van der Waals surface area contributed by atoms with E-state index < -0.39 is 13.9 Å². The van der Waals surface area contributed by atoms with E-state index >= 15 is 0 Å². The second-order valence-corrected chi connectivity index (χ2v) is 5.57. The van der Waals surface area contributed by atoms with Crippen molar-refractivity contribution in [2.75, 3.05) is 12.1 Å². The molecule has 0 amide bonds. The summed E-state index contributed by atoms with van der Waals surface area (Å²) in [5, 5.41) is 0. The molecule has 102 valence electrons. The molecule has 4 N–H and O–H groups in total. The van der Waals surface area contributed by atoms with Gasteiger partial charge in [0.1, 0.15) is 6.35 Å². The third-order valence-corrected chi connectivity index (χ3v) is 2.83. The van der Waals surface area contributed by atoms with E-state index in [2.05, 4.69) is 9.97 Å². The van der Waals surface area contributed by atoms with Crippen molar-refractivity contribution in [1.82, 2.24) is 9.97 Å². The number of anilines is 1. The molecule has 0 saturated carbocycles. The topological polar surface area (TPSA) is 119 Å². The second-order valence-electron chi connectivity index (χ2n) is 3.98. The molecule has 18 heavy (non-hydrogen) atoms. The lowest BCUT2D eigenvalue weighted by Crippen LogP contribution is -2.09. The average Bonchev–Trinajstić information content (AvgIpc) is 2.21. The lowest BCUT2D eigenvalue weighted by atomic mass is 10.1. The number of rotatable bonds is 6. The van der Waals surface area contributed by atoms with Gasteiger partial charge in [-0.2, -0.15) is 0 Å². The van der Waals surface area contributed by atoms with Crippen molar-refractivity contribution in [1.29, 1.82) is 0 Å². The van der Waals surface area contributed by atoms with Crippen LogP contribution in [0, 0.1) is 6.92 Å². The Morgan fingerprint density at radius 2 is 2.06 bits per heavy atom. The Morgan fingerprint density at radius 1 is 1.39 bits per heavy atom. The van der Waals surface area contributed by atoms with Gasteiger partial charge >= 0.3 is 7.60 Å². The van der Waals surface area contributed by atoms with Gasteiger partial charge in [-0.05, 0) is 18.9 Å². The largest absolute Gasteiger partial charge is 0.368 e. The van der Waals surface area contributed by atoms with Gasteiger partial charge in [0.15, 0.2) is 0 Å². The molecule has 1 aromatic rings. The first-order valence-corrected chi connectivity index (χ1v) is 7.37. The SMILES string of the molecule is CCCc1c(C)nc(N)nc1COCP(=O)(O)O. The van der Waals surface area contributed by atoms with Crippen LogP contribution in [0.5, 0.6) is 0 Å². The molecule has 0 aliphatic heterocycles. The van der Waals surface area contributed by atoms with Crippen molar-refractivity contribution in [3.05, 3.63) is 17.0 Å². The summed E-state index contributed by atoms with van der Waals surface area (Å²) in [4.78, 5) is 25.5. The summed E-state index contributed by atoms with van der Waals surface area (Å²) in [6, 6.07) is 0. The van der Waals surface area contributed by atoms with E-state index in [9.17, 15) is 4.57 Å². The van der Waals surface area contributed by atoms with Crippen molar-refractivity contribution in [3.63, 3.8) is 0 Å². The van der Waals surface area contributed by atoms with Crippen LogP contribution in [0.25, 0.3) is 0 Å². The summed E-state index contributed by atoms with van der Waals surface area (Å²) in [6.07, 6.45) is 1.07. The standard InChI is InChI=1S/C10H18N3O4P/c1-3-4-8-7(2)12-10(11)13-9(8)5-17-6-18(14,15)16/h3-6H2,1-2H3,(H2,11,12,13)(H2,14,15,16). The minimum absolute atomic E-state index is 0.0218. The molecule has 7 nitrogen and oxygen atoms in total. The fourth-order valence-corrected chi connectivity index (χ4v) is 1.96. The molecule has 1 rings (SSSR count). The highest BCUT2D eigenvalue weighted by atomic mass is 31.2. The summed E-state index contributed by atoms with van der Waals surface area (Å²) in [5.74, 6) is 0.141. The number of nitrogens with zero attached hydrogens (tertiary/aromatic N) is 2. The van der Waals surface area contributed by atoms with Crippen molar-refractivity contribution < 1.29 is 19.1 Å². The molecule has 0 bridgehead atoms. The highest BCUT2D eigenvalue weighted by Gasteiger charge is 2.15. The Morgan fingerprint density at radius 3 is 2.61 bits per heavy atom. The number of nitrogen functional groups attached to an aromatic ring is 1. The second kappa shape index (κ2) is 6.24. The van der Waals surface area contributed by atoms with Crippen LogP contribution in [0.4, 0.5) is 5.95 Å². The monoisotopic (exact) mass is 275 g/mol. The number of aryl methyl sites for hydroxylation is 1. The van der Waals surface area contributed by atoms with Crippen LogP contribution >= 0.6 is 7.60 Å². The highest BCUT2D eigenvalue weighted by molar-refractivity contribution is 7.51. The molecule has 1 heterocycles. The summed E-state index contributed by atoms with van der Waals surface area (Å²) >= 11 is 0. The minimum Gasteiger partial charge on any atom is -0.368 e. The van der Waals surface area contributed by atoms with Crippen molar-refractivity contribution in [2.24, 2.45) is 0 Å². The zero-order chi connectivity index (χ0) is 13.8. The van der Waals surface area contributed by atoms with Crippen LogP contribution in [-0.4, -0.2) is 26.1 Å². The van der Waals surface area contributed by atoms with Crippen LogP contribution in [0.15, 0.2) is 0 Å². The van der Waals surface area contributed by atoms with Gasteiger partial charge in [0, 0.05) is 5.69 Å². The molecule has 0 unspecified atom stereocenters. The highest BCUT2D eigenvalue weighted by Crippen LogP contribution is 2.34. The molecule has 0 spiro atoms. The van der Waals surface area contributed by atoms with Crippen molar-refractivity contribution >= 4 is 13.5 Å². The molecular weight excluding hydrogens is 257 g/mol. The number of ether oxygens (including phenoxy) is 1. The Hall–Kier alpha value is -1.01. The number of hydrogen-bond donors (Lipinski definition) is 3. The molecule has 8 heteroatoms. The molecule has 0 aromatic carbocycles. The van der Waals surface area contributed by atoms with Crippen LogP contribution in [0.1, 0.15) is 30.3 Å². The lowest BCUT2D eigenvalue weighted by molar-refractivity contribution is 0.141. The van der Waals surface area contributed by atoms with Gasteiger partial charge < -0.3 is 20.3 Å². The number of nitrogens with two attached hydrogens (primary N) is 1. The quantitative estimate of drug-likeness (QED) is 0.662. The lowest BCUT2D eigenvalue weighted by Gasteiger charge is -2.12. The van der Waals surface area contributed by atoms with Gasteiger partial charge in [0.05, 0.1) is 12.3 Å². The molecule has 0 atom stereocenters. The van der Waals surface area contributed by atoms with E-state index in [1.54, 1.807) is 0 Å². The van der Waals surface area contributed by atoms with E-state index in [1.807, 2.05) is 13.8 Å². The fourth-order valence-electron chi connectivity index (χ4n) is 1.63. The first-order chi connectivity index (χ1) is 8.33.